The molecule has 0 bridgehead atoms. The summed E-state index contributed by atoms with van der Waals surface area (Å²) in [4.78, 5) is 19.3. The monoisotopic (exact) mass is 372 g/mol. The van der Waals surface area contributed by atoms with Crippen molar-refractivity contribution >= 4 is 29.1 Å². The Balaban J connectivity index is 1.60. The Hall–Kier alpha value is -2.05. The lowest BCUT2D eigenvalue weighted by Gasteiger charge is -2.32. The van der Waals surface area contributed by atoms with Crippen molar-refractivity contribution in [3.05, 3.63) is 76.4 Å². The highest BCUT2D eigenvalue weighted by molar-refractivity contribution is 8.00. The molecule has 4 nitrogen and oxygen atoms in total. The van der Waals surface area contributed by atoms with Gasteiger partial charge in [-0.05, 0) is 54.3 Å². The number of aromatic nitrogens is 1. The van der Waals surface area contributed by atoms with Crippen LogP contribution in [0.25, 0.3) is 0 Å². The largest absolute Gasteiger partial charge is 0.478 e. The van der Waals surface area contributed by atoms with Gasteiger partial charge >= 0.3 is 5.97 Å². The fraction of sp³-hybridized carbons (Fsp3) is 0.263. The number of aliphatic carboxylic acids is 1. The van der Waals surface area contributed by atoms with Crippen LogP contribution in [0.1, 0.15) is 17.0 Å². The molecule has 2 aromatic rings. The maximum absolute atomic E-state index is 11.6. The molecule has 25 heavy (non-hydrogen) atoms. The van der Waals surface area contributed by atoms with Crippen molar-refractivity contribution < 1.29 is 9.90 Å². The summed E-state index contributed by atoms with van der Waals surface area (Å²) < 4.78 is 0. The Morgan fingerprint density at radius 1 is 1.32 bits per heavy atom. The third kappa shape index (κ3) is 4.96. The van der Waals surface area contributed by atoms with E-state index in [0.717, 1.165) is 30.8 Å². The van der Waals surface area contributed by atoms with E-state index in [0.29, 0.717) is 5.57 Å². The minimum Gasteiger partial charge on any atom is -0.478 e. The van der Waals surface area contributed by atoms with Gasteiger partial charge < -0.3 is 10.0 Å². The van der Waals surface area contributed by atoms with Gasteiger partial charge in [-0.15, -0.1) is 23.1 Å². The van der Waals surface area contributed by atoms with Gasteiger partial charge in [-0.1, -0.05) is 12.1 Å². The van der Waals surface area contributed by atoms with E-state index in [9.17, 15) is 9.90 Å². The van der Waals surface area contributed by atoms with Crippen molar-refractivity contribution in [3.8, 4) is 0 Å². The van der Waals surface area contributed by atoms with E-state index in [-0.39, 0.29) is 5.37 Å². The average Bonchev–Trinajstić information content (AvgIpc) is 3.13. The number of carbonyl (C=O) groups is 1. The second kappa shape index (κ2) is 8.87. The fourth-order valence-electron chi connectivity index (χ4n) is 2.67. The first kappa shape index (κ1) is 17.8. The molecular formula is C19H20N2O2S2. The number of rotatable bonds is 8. The molecule has 6 heteroatoms. The van der Waals surface area contributed by atoms with E-state index < -0.39 is 5.97 Å². The summed E-state index contributed by atoms with van der Waals surface area (Å²) in [5.41, 5.74) is 1.53. The quantitative estimate of drug-likeness (QED) is 0.705. The van der Waals surface area contributed by atoms with Crippen LogP contribution in [0.15, 0.2) is 65.8 Å². The summed E-state index contributed by atoms with van der Waals surface area (Å²) in [7, 11) is 0. The number of hydrogen-bond acceptors (Lipinski definition) is 5. The molecule has 3 heterocycles. The van der Waals surface area contributed by atoms with Gasteiger partial charge in [0, 0.05) is 23.0 Å². The lowest BCUT2D eigenvalue weighted by Crippen LogP contribution is -2.34. The van der Waals surface area contributed by atoms with Gasteiger partial charge in [-0.2, -0.15) is 0 Å². The smallest absolute Gasteiger partial charge is 0.334 e. The number of carboxylic acid groups (broad SMARTS) is 1. The molecule has 2 aromatic heterocycles. The van der Waals surface area contributed by atoms with Crippen LogP contribution in [0.4, 0.5) is 0 Å². The maximum Gasteiger partial charge on any atom is 0.334 e. The molecular weight excluding hydrogens is 352 g/mol. The van der Waals surface area contributed by atoms with E-state index >= 15 is 0 Å². The number of nitrogens with zero attached hydrogens (tertiary/aromatic N) is 2. The number of hydrogen-bond donors (Lipinski definition) is 1. The highest BCUT2D eigenvalue weighted by atomic mass is 32.2. The number of thioether (sulfide) groups is 1. The normalized spacial score (nSPS) is 16.7. The van der Waals surface area contributed by atoms with Gasteiger partial charge in [-0.3, -0.25) is 4.98 Å². The maximum atomic E-state index is 11.6. The number of thiophene rings is 1. The van der Waals surface area contributed by atoms with E-state index in [1.165, 1.54) is 4.88 Å². The van der Waals surface area contributed by atoms with Gasteiger partial charge in [0.2, 0.25) is 0 Å². The van der Waals surface area contributed by atoms with Crippen molar-refractivity contribution in [3.63, 3.8) is 0 Å². The lowest BCUT2D eigenvalue weighted by atomic mass is 10.2. The van der Waals surface area contributed by atoms with Gasteiger partial charge in [0.15, 0.2) is 0 Å². The molecule has 0 aliphatic carbocycles. The molecule has 1 unspecified atom stereocenters. The van der Waals surface area contributed by atoms with E-state index in [1.54, 1.807) is 29.2 Å². The lowest BCUT2D eigenvalue weighted by molar-refractivity contribution is -0.133. The summed E-state index contributed by atoms with van der Waals surface area (Å²) in [5, 5.41) is 11.4. The molecule has 1 N–H and O–H groups in total. The first-order valence-corrected chi connectivity index (χ1v) is 10.1. The second-order valence-corrected chi connectivity index (χ2v) is 7.89. The number of aryl methyl sites for hydroxylation is 1. The molecule has 0 saturated heterocycles. The molecule has 0 radical (unpaired) electrons. The van der Waals surface area contributed by atoms with Crippen molar-refractivity contribution in [2.24, 2.45) is 0 Å². The standard InChI is InChI=1S/C19H20N2O2S2/c22-19(23)17-9-3-11-21(14-16-8-5-12-24-16)18(17)25-13-4-7-15-6-1-2-10-20-15/h1-3,5-6,8-12,18H,4,7,13-14H2,(H,22,23). The van der Waals surface area contributed by atoms with E-state index in [2.05, 4.69) is 16.0 Å². The Morgan fingerprint density at radius 3 is 2.96 bits per heavy atom. The summed E-state index contributed by atoms with van der Waals surface area (Å²) in [6.07, 6.45) is 9.21. The van der Waals surface area contributed by atoms with E-state index in [4.69, 9.17) is 0 Å². The third-order valence-electron chi connectivity index (χ3n) is 3.87. The first-order chi connectivity index (χ1) is 12.2. The molecule has 1 aliphatic rings. The Bertz CT molecular complexity index is 742. The molecule has 3 rings (SSSR count). The number of allylic oxidation sites excluding steroid dienone is 2. The Kier molecular flexibility index (Phi) is 6.30. The molecule has 1 atom stereocenters. The van der Waals surface area contributed by atoms with Crippen molar-refractivity contribution in [2.45, 2.75) is 24.8 Å². The SMILES string of the molecule is O=C(O)C1=CC=CN(Cc2cccs2)C1SCCCc1ccccn1. The van der Waals surface area contributed by atoms with Crippen molar-refractivity contribution in [1.82, 2.24) is 9.88 Å². The molecule has 0 fully saturated rings. The van der Waals surface area contributed by atoms with Gasteiger partial charge in [-0.25, -0.2) is 4.79 Å². The van der Waals surface area contributed by atoms with Crippen LogP contribution in [0, 0.1) is 0 Å². The van der Waals surface area contributed by atoms with Crippen LogP contribution in [0.5, 0.6) is 0 Å². The topological polar surface area (TPSA) is 53.4 Å². The minimum atomic E-state index is -0.845. The third-order valence-corrected chi connectivity index (χ3v) is 6.09. The predicted molar refractivity (Wildman–Crippen MR) is 104 cm³/mol. The first-order valence-electron chi connectivity index (χ1n) is 8.15. The zero-order chi connectivity index (χ0) is 17.5. The second-order valence-electron chi connectivity index (χ2n) is 5.67. The zero-order valence-corrected chi connectivity index (χ0v) is 15.4. The van der Waals surface area contributed by atoms with Gasteiger partial charge in [0.25, 0.3) is 0 Å². The molecule has 0 saturated carbocycles. The van der Waals surface area contributed by atoms with Crippen LogP contribution in [0.3, 0.4) is 0 Å². The van der Waals surface area contributed by atoms with Gasteiger partial charge in [0.1, 0.15) is 5.37 Å². The Labute approximate surface area is 155 Å². The van der Waals surface area contributed by atoms with Crippen LogP contribution in [-0.2, 0) is 17.8 Å². The predicted octanol–water partition coefficient (Wildman–Crippen LogP) is 4.18. The minimum absolute atomic E-state index is 0.159. The van der Waals surface area contributed by atoms with Crippen molar-refractivity contribution in [2.75, 3.05) is 5.75 Å². The molecule has 130 valence electrons. The molecule has 1 aliphatic heterocycles. The van der Waals surface area contributed by atoms with Crippen molar-refractivity contribution in [1.29, 1.82) is 0 Å². The van der Waals surface area contributed by atoms with Gasteiger partial charge in [0.05, 0.1) is 12.1 Å². The summed E-state index contributed by atoms with van der Waals surface area (Å²) in [5.74, 6) is 0.0449. The van der Waals surface area contributed by atoms with Crippen LogP contribution in [0.2, 0.25) is 0 Å². The molecule has 0 amide bonds. The zero-order valence-electron chi connectivity index (χ0n) is 13.7. The highest BCUT2D eigenvalue weighted by Gasteiger charge is 2.27. The molecule has 0 spiro atoms. The molecule has 0 aromatic carbocycles. The highest BCUT2D eigenvalue weighted by Crippen LogP contribution is 2.30. The number of carboxylic acids is 1. The van der Waals surface area contributed by atoms with Crippen LogP contribution in [-0.4, -0.2) is 32.1 Å². The summed E-state index contributed by atoms with van der Waals surface area (Å²) in [6.45, 7) is 0.733. The summed E-state index contributed by atoms with van der Waals surface area (Å²) in [6, 6.07) is 10.0. The van der Waals surface area contributed by atoms with E-state index in [1.807, 2.05) is 48.1 Å². The summed E-state index contributed by atoms with van der Waals surface area (Å²) >= 11 is 3.38. The van der Waals surface area contributed by atoms with Crippen LogP contribution < -0.4 is 0 Å². The number of pyridine rings is 1. The fourth-order valence-corrected chi connectivity index (χ4v) is 4.61. The average molecular weight is 373 g/mol. The Morgan fingerprint density at radius 2 is 2.24 bits per heavy atom. The van der Waals surface area contributed by atoms with Crippen LogP contribution >= 0.6 is 23.1 Å².